The van der Waals surface area contributed by atoms with Crippen LogP contribution in [0.15, 0.2) is 24.4 Å². The number of hydrogen-bond acceptors (Lipinski definition) is 2. The van der Waals surface area contributed by atoms with Crippen LogP contribution in [0.4, 0.5) is 4.39 Å². The van der Waals surface area contributed by atoms with Crippen molar-refractivity contribution in [3.8, 4) is 0 Å². The van der Waals surface area contributed by atoms with Crippen molar-refractivity contribution in [2.45, 2.75) is 6.04 Å². The standard InChI is InChI=1S/C11H10Cl2FN3/c1-17-11(9(13)5-16-17)10(15)7-3-2-6(14)4-8(7)12/h2-5,10H,15H2,1H3. The van der Waals surface area contributed by atoms with Crippen molar-refractivity contribution in [1.29, 1.82) is 0 Å². The van der Waals surface area contributed by atoms with Crippen molar-refractivity contribution >= 4 is 23.2 Å². The molecule has 2 aromatic rings. The van der Waals surface area contributed by atoms with E-state index in [2.05, 4.69) is 5.10 Å². The second-order valence-electron chi connectivity index (χ2n) is 3.64. The molecule has 6 heteroatoms. The number of benzene rings is 1. The number of aromatic nitrogens is 2. The smallest absolute Gasteiger partial charge is 0.124 e. The highest BCUT2D eigenvalue weighted by Crippen LogP contribution is 2.30. The minimum atomic E-state index is -0.539. The molecule has 3 nitrogen and oxygen atoms in total. The summed E-state index contributed by atoms with van der Waals surface area (Å²) >= 11 is 11.9. The summed E-state index contributed by atoms with van der Waals surface area (Å²) in [7, 11) is 1.73. The summed E-state index contributed by atoms with van der Waals surface area (Å²) in [6.45, 7) is 0. The van der Waals surface area contributed by atoms with Crippen LogP contribution in [0.2, 0.25) is 10.0 Å². The Bertz CT molecular complexity index is 534. The molecule has 0 aliphatic carbocycles. The summed E-state index contributed by atoms with van der Waals surface area (Å²) in [5.74, 6) is -0.401. The Morgan fingerprint density at radius 2 is 2.06 bits per heavy atom. The van der Waals surface area contributed by atoms with Crippen LogP contribution in [0.5, 0.6) is 0 Å². The van der Waals surface area contributed by atoms with Gasteiger partial charge >= 0.3 is 0 Å². The third-order valence-corrected chi connectivity index (χ3v) is 3.15. The third-order valence-electron chi connectivity index (χ3n) is 2.53. The van der Waals surface area contributed by atoms with Gasteiger partial charge in [-0.25, -0.2) is 4.39 Å². The SMILES string of the molecule is Cn1ncc(Cl)c1C(N)c1ccc(F)cc1Cl. The lowest BCUT2D eigenvalue weighted by Gasteiger charge is -2.14. The average molecular weight is 274 g/mol. The van der Waals surface area contributed by atoms with Crippen molar-refractivity contribution in [2.24, 2.45) is 12.8 Å². The molecule has 0 saturated carbocycles. The van der Waals surface area contributed by atoms with Gasteiger partial charge in [-0.1, -0.05) is 29.3 Å². The van der Waals surface area contributed by atoms with Crippen LogP contribution < -0.4 is 5.73 Å². The van der Waals surface area contributed by atoms with E-state index < -0.39 is 11.9 Å². The molecular formula is C11H10Cl2FN3. The maximum absolute atomic E-state index is 12.9. The second kappa shape index (κ2) is 4.64. The molecule has 0 bridgehead atoms. The third kappa shape index (κ3) is 2.29. The Hall–Kier alpha value is -1.10. The van der Waals surface area contributed by atoms with Gasteiger partial charge in [0.1, 0.15) is 5.82 Å². The van der Waals surface area contributed by atoms with Gasteiger partial charge < -0.3 is 5.73 Å². The van der Waals surface area contributed by atoms with Gasteiger partial charge in [0, 0.05) is 12.1 Å². The Morgan fingerprint density at radius 1 is 1.35 bits per heavy atom. The first-order valence-corrected chi connectivity index (χ1v) is 5.64. The van der Waals surface area contributed by atoms with Gasteiger partial charge in [-0.3, -0.25) is 4.68 Å². The monoisotopic (exact) mass is 273 g/mol. The maximum atomic E-state index is 12.9. The van der Waals surface area contributed by atoms with Crippen molar-refractivity contribution < 1.29 is 4.39 Å². The van der Waals surface area contributed by atoms with Gasteiger partial charge in [0.25, 0.3) is 0 Å². The number of nitrogens with two attached hydrogens (primary N) is 1. The Kier molecular flexibility index (Phi) is 3.38. The summed E-state index contributed by atoms with van der Waals surface area (Å²) in [5.41, 5.74) is 7.31. The maximum Gasteiger partial charge on any atom is 0.124 e. The summed E-state index contributed by atoms with van der Waals surface area (Å²) in [6.07, 6.45) is 1.51. The molecule has 1 heterocycles. The van der Waals surface area contributed by atoms with Crippen LogP contribution in [0, 0.1) is 5.82 Å². The Balaban J connectivity index is 2.47. The molecule has 1 aromatic heterocycles. The summed E-state index contributed by atoms with van der Waals surface area (Å²) in [4.78, 5) is 0. The largest absolute Gasteiger partial charge is 0.319 e. The van der Waals surface area contributed by atoms with Gasteiger partial charge in [0.05, 0.1) is 23.0 Å². The predicted octanol–water partition coefficient (Wildman–Crippen LogP) is 2.91. The van der Waals surface area contributed by atoms with E-state index >= 15 is 0 Å². The fraction of sp³-hybridized carbons (Fsp3) is 0.182. The molecule has 0 aliphatic heterocycles. The molecule has 0 fully saturated rings. The van der Waals surface area contributed by atoms with Gasteiger partial charge in [0.2, 0.25) is 0 Å². The van der Waals surface area contributed by atoms with E-state index in [9.17, 15) is 4.39 Å². The molecule has 0 radical (unpaired) electrons. The minimum absolute atomic E-state index is 0.273. The van der Waals surface area contributed by atoms with E-state index in [1.807, 2.05) is 0 Å². The molecule has 0 spiro atoms. The molecule has 2 N–H and O–H groups in total. The van der Waals surface area contributed by atoms with Crippen molar-refractivity contribution in [2.75, 3.05) is 0 Å². The van der Waals surface area contributed by atoms with E-state index in [0.29, 0.717) is 16.3 Å². The van der Waals surface area contributed by atoms with E-state index in [1.165, 1.54) is 18.3 Å². The summed E-state index contributed by atoms with van der Waals surface area (Å²) in [5, 5.41) is 4.73. The highest BCUT2D eigenvalue weighted by molar-refractivity contribution is 6.32. The molecule has 1 aromatic carbocycles. The number of aryl methyl sites for hydroxylation is 1. The molecular weight excluding hydrogens is 264 g/mol. The fourth-order valence-corrected chi connectivity index (χ4v) is 2.24. The average Bonchev–Trinajstić information content (AvgIpc) is 2.58. The Morgan fingerprint density at radius 3 is 2.59 bits per heavy atom. The highest BCUT2D eigenvalue weighted by atomic mass is 35.5. The van der Waals surface area contributed by atoms with Crippen LogP contribution in [-0.2, 0) is 7.05 Å². The number of rotatable bonds is 2. The number of hydrogen-bond donors (Lipinski definition) is 1. The normalized spacial score (nSPS) is 12.8. The first-order chi connectivity index (χ1) is 8.00. The zero-order valence-electron chi connectivity index (χ0n) is 8.99. The lowest BCUT2D eigenvalue weighted by Crippen LogP contribution is -2.17. The van der Waals surface area contributed by atoms with E-state index in [0.717, 1.165) is 0 Å². The molecule has 1 unspecified atom stereocenters. The van der Waals surface area contributed by atoms with Crippen molar-refractivity contribution in [1.82, 2.24) is 9.78 Å². The van der Waals surface area contributed by atoms with Crippen LogP contribution in [0.25, 0.3) is 0 Å². The van der Waals surface area contributed by atoms with Gasteiger partial charge in [-0.05, 0) is 17.7 Å². The second-order valence-corrected chi connectivity index (χ2v) is 4.46. The predicted molar refractivity (Wildman–Crippen MR) is 65.7 cm³/mol. The van der Waals surface area contributed by atoms with Crippen molar-refractivity contribution in [3.63, 3.8) is 0 Å². The molecule has 0 amide bonds. The molecule has 2 rings (SSSR count). The molecule has 0 aliphatic rings. The fourth-order valence-electron chi connectivity index (χ4n) is 1.67. The van der Waals surface area contributed by atoms with Crippen molar-refractivity contribution in [3.05, 3.63) is 51.5 Å². The van der Waals surface area contributed by atoms with E-state index in [-0.39, 0.29) is 5.02 Å². The molecule has 90 valence electrons. The number of nitrogens with zero attached hydrogens (tertiary/aromatic N) is 2. The first-order valence-electron chi connectivity index (χ1n) is 4.88. The Labute approximate surface area is 108 Å². The van der Waals surface area contributed by atoms with Crippen LogP contribution in [0.3, 0.4) is 0 Å². The lowest BCUT2D eigenvalue weighted by molar-refractivity contribution is 0.624. The summed E-state index contributed by atoms with van der Waals surface area (Å²) < 4.78 is 14.5. The van der Waals surface area contributed by atoms with Gasteiger partial charge in [0.15, 0.2) is 0 Å². The first kappa shape index (κ1) is 12.4. The van der Waals surface area contributed by atoms with Crippen LogP contribution in [0.1, 0.15) is 17.3 Å². The van der Waals surface area contributed by atoms with Crippen LogP contribution >= 0.6 is 23.2 Å². The molecule has 1 atom stereocenters. The highest BCUT2D eigenvalue weighted by Gasteiger charge is 2.19. The summed E-state index contributed by atoms with van der Waals surface area (Å²) in [6, 6.07) is 3.54. The minimum Gasteiger partial charge on any atom is -0.319 e. The lowest BCUT2D eigenvalue weighted by atomic mass is 10.0. The quantitative estimate of drug-likeness (QED) is 0.915. The number of halogens is 3. The topological polar surface area (TPSA) is 43.8 Å². The van der Waals surface area contributed by atoms with Crippen LogP contribution in [-0.4, -0.2) is 9.78 Å². The molecule has 0 saturated heterocycles. The zero-order valence-corrected chi connectivity index (χ0v) is 10.5. The zero-order chi connectivity index (χ0) is 12.6. The molecule has 17 heavy (non-hydrogen) atoms. The van der Waals surface area contributed by atoms with E-state index in [1.54, 1.807) is 17.8 Å². The van der Waals surface area contributed by atoms with E-state index in [4.69, 9.17) is 28.9 Å². The van der Waals surface area contributed by atoms with Gasteiger partial charge in [-0.2, -0.15) is 5.10 Å². The van der Waals surface area contributed by atoms with Gasteiger partial charge in [-0.15, -0.1) is 0 Å².